The van der Waals surface area contributed by atoms with E-state index < -0.39 is 0 Å². The molecule has 1 aromatic rings. The molecule has 0 radical (unpaired) electrons. The summed E-state index contributed by atoms with van der Waals surface area (Å²) < 4.78 is 13.0. The number of hydrogen-bond acceptors (Lipinski definition) is 3. The second-order valence-corrected chi connectivity index (χ2v) is 5.63. The Morgan fingerprint density at radius 1 is 1.53 bits per heavy atom. The van der Waals surface area contributed by atoms with Crippen molar-refractivity contribution in [3.8, 4) is 0 Å². The molecule has 17 heavy (non-hydrogen) atoms. The first-order chi connectivity index (χ1) is 8.20. The summed E-state index contributed by atoms with van der Waals surface area (Å²) in [6.45, 7) is 0.135. The SMILES string of the molecule is CNC(CO)(CSc1cccc(F)c1)C1CC1. The highest BCUT2D eigenvalue weighted by Crippen LogP contribution is 2.42. The Hall–Kier alpha value is -0.580. The molecule has 2 N–H and O–H groups in total. The molecule has 4 heteroatoms. The zero-order valence-electron chi connectivity index (χ0n) is 9.95. The molecule has 2 nitrogen and oxygen atoms in total. The third-order valence-corrected chi connectivity index (χ3v) is 4.68. The first-order valence-corrected chi connectivity index (χ1v) is 6.87. The highest BCUT2D eigenvalue weighted by Gasteiger charge is 2.43. The van der Waals surface area contributed by atoms with Gasteiger partial charge in [0, 0.05) is 10.6 Å². The first kappa shape index (κ1) is 12.9. The second-order valence-electron chi connectivity index (χ2n) is 4.58. The zero-order valence-corrected chi connectivity index (χ0v) is 10.8. The van der Waals surface area contributed by atoms with Gasteiger partial charge in [0.1, 0.15) is 5.82 Å². The summed E-state index contributed by atoms with van der Waals surface area (Å²) in [5, 5.41) is 12.8. The van der Waals surface area contributed by atoms with Crippen molar-refractivity contribution in [2.45, 2.75) is 23.3 Å². The average Bonchev–Trinajstić information content (AvgIpc) is 3.16. The van der Waals surface area contributed by atoms with Gasteiger partial charge in [0.2, 0.25) is 0 Å². The van der Waals surface area contributed by atoms with Gasteiger partial charge in [-0.1, -0.05) is 6.07 Å². The van der Waals surface area contributed by atoms with Crippen molar-refractivity contribution in [1.82, 2.24) is 5.32 Å². The van der Waals surface area contributed by atoms with Gasteiger partial charge in [-0.25, -0.2) is 4.39 Å². The fourth-order valence-electron chi connectivity index (χ4n) is 2.05. The monoisotopic (exact) mass is 255 g/mol. The number of halogens is 1. The Balaban J connectivity index is 2.00. The van der Waals surface area contributed by atoms with Crippen LogP contribution >= 0.6 is 11.8 Å². The number of likely N-dealkylation sites (N-methyl/N-ethyl adjacent to an activating group) is 1. The van der Waals surface area contributed by atoms with Crippen LogP contribution in [0, 0.1) is 11.7 Å². The van der Waals surface area contributed by atoms with Crippen LogP contribution in [0.3, 0.4) is 0 Å². The number of hydrogen-bond donors (Lipinski definition) is 2. The predicted molar refractivity (Wildman–Crippen MR) is 68.7 cm³/mol. The van der Waals surface area contributed by atoms with Crippen LogP contribution < -0.4 is 5.32 Å². The van der Waals surface area contributed by atoms with Crippen molar-refractivity contribution in [3.05, 3.63) is 30.1 Å². The molecule has 0 bridgehead atoms. The summed E-state index contributed by atoms with van der Waals surface area (Å²) in [6, 6.07) is 6.60. The van der Waals surface area contributed by atoms with Gasteiger partial charge in [-0.05, 0) is 44.0 Å². The maximum absolute atomic E-state index is 13.0. The number of benzene rings is 1. The molecule has 0 heterocycles. The number of aliphatic hydroxyl groups is 1. The standard InChI is InChI=1S/C13H18FNOS/c1-15-13(8-16,10-5-6-10)9-17-12-4-2-3-11(14)7-12/h2-4,7,10,15-16H,5-6,8-9H2,1H3. The van der Waals surface area contributed by atoms with E-state index in [1.54, 1.807) is 17.8 Å². The summed E-state index contributed by atoms with van der Waals surface area (Å²) >= 11 is 1.60. The molecule has 0 aromatic heterocycles. The Kier molecular flexibility index (Phi) is 4.07. The molecule has 2 rings (SSSR count). The second kappa shape index (κ2) is 5.38. The molecular formula is C13H18FNOS. The molecule has 0 aliphatic heterocycles. The minimum Gasteiger partial charge on any atom is -0.394 e. The largest absolute Gasteiger partial charge is 0.394 e. The van der Waals surface area contributed by atoms with E-state index in [1.165, 1.54) is 25.0 Å². The van der Waals surface area contributed by atoms with Crippen LogP contribution in [-0.4, -0.2) is 30.1 Å². The molecule has 1 aromatic carbocycles. The van der Waals surface area contributed by atoms with Crippen molar-refractivity contribution < 1.29 is 9.50 Å². The molecule has 94 valence electrons. The quantitative estimate of drug-likeness (QED) is 0.765. The molecule has 1 fully saturated rings. The lowest BCUT2D eigenvalue weighted by atomic mass is 9.97. The normalized spacial score (nSPS) is 19.0. The fourth-order valence-corrected chi connectivity index (χ4v) is 3.32. The van der Waals surface area contributed by atoms with E-state index in [-0.39, 0.29) is 18.0 Å². The molecular weight excluding hydrogens is 237 g/mol. The van der Waals surface area contributed by atoms with Crippen molar-refractivity contribution in [3.63, 3.8) is 0 Å². The molecule has 1 atom stereocenters. The Labute approximate surface area is 106 Å². The van der Waals surface area contributed by atoms with Crippen molar-refractivity contribution >= 4 is 11.8 Å². The molecule has 0 saturated heterocycles. The van der Waals surface area contributed by atoms with Gasteiger partial charge in [-0.3, -0.25) is 0 Å². The van der Waals surface area contributed by atoms with Gasteiger partial charge in [0.25, 0.3) is 0 Å². The van der Waals surface area contributed by atoms with Gasteiger partial charge in [-0.15, -0.1) is 11.8 Å². The molecule has 1 unspecified atom stereocenters. The summed E-state index contributed by atoms with van der Waals surface area (Å²) in [6.07, 6.45) is 2.34. The molecule has 0 spiro atoms. The third-order valence-electron chi connectivity index (χ3n) is 3.43. The highest BCUT2D eigenvalue weighted by molar-refractivity contribution is 7.99. The number of aliphatic hydroxyl groups excluding tert-OH is 1. The van der Waals surface area contributed by atoms with Gasteiger partial charge in [0.15, 0.2) is 0 Å². The van der Waals surface area contributed by atoms with E-state index in [0.717, 1.165) is 10.6 Å². The van der Waals surface area contributed by atoms with Crippen molar-refractivity contribution in [2.75, 3.05) is 19.4 Å². The van der Waals surface area contributed by atoms with Crippen LogP contribution in [0.4, 0.5) is 4.39 Å². The van der Waals surface area contributed by atoms with Gasteiger partial charge in [-0.2, -0.15) is 0 Å². The predicted octanol–water partition coefficient (Wildman–Crippen LogP) is 2.28. The van der Waals surface area contributed by atoms with Gasteiger partial charge >= 0.3 is 0 Å². The average molecular weight is 255 g/mol. The van der Waals surface area contributed by atoms with Crippen molar-refractivity contribution in [2.24, 2.45) is 5.92 Å². The lowest BCUT2D eigenvalue weighted by molar-refractivity contribution is 0.167. The topological polar surface area (TPSA) is 32.3 Å². The van der Waals surface area contributed by atoms with Crippen LogP contribution in [-0.2, 0) is 0 Å². The number of rotatable bonds is 6. The van der Waals surface area contributed by atoms with E-state index in [2.05, 4.69) is 5.32 Å². The Morgan fingerprint density at radius 2 is 2.29 bits per heavy atom. The lowest BCUT2D eigenvalue weighted by Gasteiger charge is -2.31. The van der Waals surface area contributed by atoms with Crippen LogP contribution in [0.2, 0.25) is 0 Å². The lowest BCUT2D eigenvalue weighted by Crippen LogP contribution is -2.51. The molecule has 1 saturated carbocycles. The maximum Gasteiger partial charge on any atom is 0.124 e. The number of nitrogens with one attached hydrogen (secondary N) is 1. The zero-order chi connectivity index (χ0) is 12.3. The number of thioether (sulfide) groups is 1. The molecule has 0 amide bonds. The minimum absolute atomic E-state index is 0.135. The van der Waals surface area contributed by atoms with E-state index >= 15 is 0 Å². The first-order valence-electron chi connectivity index (χ1n) is 5.88. The van der Waals surface area contributed by atoms with E-state index in [9.17, 15) is 9.50 Å². The minimum atomic E-state index is -0.211. The molecule has 1 aliphatic rings. The van der Waals surface area contributed by atoms with Crippen LogP contribution in [0.25, 0.3) is 0 Å². The van der Waals surface area contributed by atoms with E-state index in [1.807, 2.05) is 13.1 Å². The van der Waals surface area contributed by atoms with Gasteiger partial charge in [0.05, 0.1) is 12.1 Å². The Morgan fingerprint density at radius 3 is 2.82 bits per heavy atom. The van der Waals surface area contributed by atoms with E-state index in [0.29, 0.717) is 5.92 Å². The van der Waals surface area contributed by atoms with Crippen LogP contribution in [0.1, 0.15) is 12.8 Å². The van der Waals surface area contributed by atoms with Gasteiger partial charge < -0.3 is 10.4 Å². The fraction of sp³-hybridized carbons (Fsp3) is 0.538. The smallest absolute Gasteiger partial charge is 0.124 e. The maximum atomic E-state index is 13.0. The summed E-state index contributed by atoms with van der Waals surface area (Å²) in [5.41, 5.74) is -0.211. The van der Waals surface area contributed by atoms with Crippen LogP contribution in [0.5, 0.6) is 0 Å². The van der Waals surface area contributed by atoms with Crippen molar-refractivity contribution in [1.29, 1.82) is 0 Å². The summed E-state index contributed by atoms with van der Waals surface area (Å²) in [4.78, 5) is 0.915. The van der Waals surface area contributed by atoms with E-state index in [4.69, 9.17) is 0 Å². The summed E-state index contributed by atoms with van der Waals surface area (Å²) in [7, 11) is 1.89. The molecule has 1 aliphatic carbocycles. The highest BCUT2D eigenvalue weighted by atomic mass is 32.2. The Bertz CT molecular complexity index is 377. The van der Waals surface area contributed by atoms with Crippen LogP contribution in [0.15, 0.2) is 29.2 Å². The third kappa shape index (κ3) is 3.00. The summed E-state index contributed by atoms with van der Waals surface area (Å²) in [5.74, 6) is 1.12.